The van der Waals surface area contributed by atoms with Crippen LogP contribution < -0.4 is 0 Å². The van der Waals surface area contributed by atoms with Crippen LogP contribution in [0.4, 0.5) is 0 Å². The minimum absolute atomic E-state index is 0.252. The summed E-state index contributed by atoms with van der Waals surface area (Å²) < 4.78 is 9.33. The molecule has 3 nitrogen and oxygen atoms in total. The zero-order valence-electron chi connectivity index (χ0n) is 9.16. The fourth-order valence-electron chi connectivity index (χ4n) is 0.904. The minimum atomic E-state index is -0.252. The van der Waals surface area contributed by atoms with Crippen molar-refractivity contribution in [1.29, 1.82) is 0 Å². The molecule has 1 aromatic carbocycles. The third-order valence-electron chi connectivity index (χ3n) is 1.77. The van der Waals surface area contributed by atoms with E-state index in [-0.39, 0.29) is 5.97 Å². The summed E-state index contributed by atoms with van der Waals surface area (Å²) in [7, 11) is 0. The Morgan fingerprint density at radius 2 is 1.87 bits per heavy atom. The van der Waals surface area contributed by atoms with Crippen LogP contribution >= 0.6 is 0 Å². The topological polar surface area (TPSA) is 38.8 Å². The van der Waals surface area contributed by atoms with E-state index in [1.807, 2.05) is 19.1 Å². The van der Waals surface area contributed by atoms with Crippen molar-refractivity contribution in [2.24, 2.45) is 0 Å². The van der Waals surface area contributed by atoms with Gasteiger partial charge in [0.1, 0.15) is 0 Å². The van der Waals surface area contributed by atoms with E-state index in [1.54, 1.807) is 19.1 Å². The second-order valence-electron chi connectivity index (χ2n) is 3.20. The Bertz CT molecular complexity index is 298. The minimum Gasteiger partial charge on any atom is -0.462 e. The van der Waals surface area contributed by atoms with Crippen molar-refractivity contribution >= 4 is 5.97 Å². The molecule has 0 bridgehead atoms. The van der Waals surface area contributed by atoms with E-state index in [1.165, 1.54) is 0 Å². The highest BCUT2D eigenvalue weighted by molar-refractivity contribution is 5.89. The van der Waals surface area contributed by atoms with Gasteiger partial charge in [0.05, 0.1) is 25.4 Å². The maximum absolute atomic E-state index is 11.1. The van der Waals surface area contributed by atoms with E-state index >= 15 is 0 Å². The molecule has 1 aromatic rings. The van der Waals surface area contributed by atoms with E-state index in [2.05, 4.69) is 4.74 Å². The van der Waals surface area contributed by atoms with Gasteiger partial charge in [-0.1, -0.05) is 17.7 Å². The molecule has 1 fully saturated rings. The van der Waals surface area contributed by atoms with Crippen molar-refractivity contribution in [2.75, 3.05) is 19.8 Å². The number of hydrogen-bond donors (Lipinski definition) is 0. The average Bonchev–Trinajstić information content (AvgIpc) is 3.06. The van der Waals surface area contributed by atoms with Gasteiger partial charge in [-0.25, -0.2) is 4.79 Å². The Morgan fingerprint density at radius 3 is 2.27 bits per heavy atom. The van der Waals surface area contributed by atoms with Crippen molar-refractivity contribution in [1.82, 2.24) is 0 Å². The van der Waals surface area contributed by atoms with Gasteiger partial charge >= 0.3 is 5.97 Å². The summed E-state index contributed by atoms with van der Waals surface area (Å²) >= 11 is 0. The maximum Gasteiger partial charge on any atom is 0.338 e. The summed E-state index contributed by atoms with van der Waals surface area (Å²) in [5.41, 5.74) is 1.76. The van der Waals surface area contributed by atoms with Gasteiger partial charge < -0.3 is 9.47 Å². The molecule has 1 aliphatic heterocycles. The van der Waals surface area contributed by atoms with Gasteiger partial charge in [-0.15, -0.1) is 0 Å². The normalized spacial score (nSPS) is 12.4. The van der Waals surface area contributed by atoms with Gasteiger partial charge in [-0.05, 0) is 26.0 Å². The number of rotatable bonds is 2. The molecule has 1 saturated heterocycles. The van der Waals surface area contributed by atoms with Crippen LogP contribution in [0.5, 0.6) is 0 Å². The fraction of sp³-hybridized carbons (Fsp3) is 0.417. The molecule has 0 aromatic heterocycles. The van der Waals surface area contributed by atoms with Crippen LogP contribution in [0.3, 0.4) is 0 Å². The monoisotopic (exact) mass is 208 g/mol. The number of esters is 1. The van der Waals surface area contributed by atoms with E-state index in [9.17, 15) is 4.79 Å². The Morgan fingerprint density at radius 1 is 1.33 bits per heavy atom. The van der Waals surface area contributed by atoms with Gasteiger partial charge in [0, 0.05) is 0 Å². The van der Waals surface area contributed by atoms with E-state index in [4.69, 9.17) is 4.74 Å². The molecule has 0 unspecified atom stereocenters. The molecule has 15 heavy (non-hydrogen) atoms. The number of benzene rings is 1. The molecule has 0 N–H and O–H groups in total. The van der Waals surface area contributed by atoms with Crippen molar-refractivity contribution in [2.45, 2.75) is 13.8 Å². The lowest BCUT2D eigenvalue weighted by Gasteiger charge is -2.00. The SMILES string of the molecule is C1CO1.CCOC(=O)c1ccc(C)cc1. The summed E-state index contributed by atoms with van der Waals surface area (Å²) in [6.45, 7) is 6.20. The van der Waals surface area contributed by atoms with E-state index < -0.39 is 0 Å². The lowest BCUT2D eigenvalue weighted by molar-refractivity contribution is 0.0526. The summed E-state index contributed by atoms with van der Waals surface area (Å²) in [4.78, 5) is 11.1. The summed E-state index contributed by atoms with van der Waals surface area (Å²) in [5, 5.41) is 0. The molecule has 0 spiro atoms. The Balaban J connectivity index is 0.000000319. The first-order valence-electron chi connectivity index (χ1n) is 5.05. The largest absolute Gasteiger partial charge is 0.462 e. The molecule has 0 atom stereocenters. The number of epoxide rings is 1. The zero-order chi connectivity index (χ0) is 11.1. The second-order valence-corrected chi connectivity index (χ2v) is 3.20. The molecular weight excluding hydrogens is 192 g/mol. The Kier molecular flexibility index (Phi) is 4.84. The van der Waals surface area contributed by atoms with Crippen molar-refractivity contribution in [3.63, 3.8) is 0 Å². The third-order valence-corrected chi connectivity index (χ3v) is 1.77. The number of ether oxygens (including phenoxy) is 2. The smallest absolute Gasteiger partial charge is 0.338 e. The highest BCUT2D eigenvalue weighted by Gasteiger charge is 2.03. The van der Waals surface area contributed by atoms with Crippen molar-refractivity contribution in [3.8, 4) is 0 Å². The number of carbonyl (C=O) groups excluding carboxylic acids is 1. The maximum atomic E-state index is 11.1. The highest BCUT2D eigenvalue weighted by Crippen LogP contribution is 2.04. The molecule has 0 aliphatic carbocycles. The third kappa shape index (κ3) is 5.18. The quantitative estimate of drug-likeness (QED) is 0.552. The molecule has 2 rings (SSSR count). The van der Waals surface area contributed by atoms with Crippen LogP contribution in [0.1, 0.15) is 22.8 Å². The molecule has 1 heterocycles. The van der Waals surface area contributed by atoms with E-state index in [0.717, 1.165) is 18.8 Å². The second kappa shape index (κ2) is 6.19. The Labute approximate surface area is 90.0 Å². The summed E-state index contributed by atoms with van der Waals surface area (Å²) in [5.74, 6) is -0.252. The van der Waals surface area contributed by atoms with Crippen LogP contribution in [0.25, 0.3) is 0 Å². The van der Waals surface area contributed by atoms with Crippen LogP contribution in [-0.2, 0) is 9.47 Å². The molecular formula is C12H16O3. The molecule has 0 radical (unpaired) electrons. The van der Waals surface area contributed by atoms with Gasteiger partial charge in [0.2, 0.25) is 0 Å². The first-order chi connectivity index (χ1) is 7.24. The molecule has 82 valence electrons. The van der Waals surface area contributed by atoms with Gasteiger partial charge in [-0.3, -0.25) is 0 Å². The predicted octanol–water partition coefficient (Wildman–Crippen LogP) is 2.19. The first-order valence-corrected chi connectivity index (χ1v) is 5.05. The molecule has 0 amide bonds. The van der Waals surface area contributed by atoms with Gasteiger partial charge in [0.25, 0.3) is 0 Å². The standard InChI is InChI=1S/C10H12O2.C2H4O/c1-3-12-10(11)9-6-4-8(2)5-7-9;1-2-3-1/h4-7H,3H2,1-2H3;1-2H2. The van der Waals surface area contributed by atoms with Crippen molar-refractivity contribution < 1.29 is 14.3 Å². The summed E-state index contributed by atoms with van der Waals surface area (Å²) in [6.07, 6.45) is 0. The van der Waals surface area contributed by atoms with E-state index in [0.29, 0.717) is 12.2 Å². The first kappa shape index (κ1) is 11.7. The molecule has 1 aliphatic rings. The number of carbonyl (C=O) groups is 1. The lowest BCUT2D eigenvalue weighted by Crippen LogP contribution is -2.03. The zero-order valence-corrected chi connectivity index (χ0v) is 9.16. The highest BCUT2D eigenvalue weighted by atomic mass is 16.6. The number of aryl methyl sites for hydroxylation is 1. The van der Waals surface area contributed by atoms with Crippen LogP contribution in [-0.4, -0.2) is 25.8 Å². The Hall–Kier alpha value is -1.35. The number of hydrogen-bond acceptors (Lipinski definition) is 3. The summed E-state index contributed by atoms with van der Waals surface area (Å²) in [6, 6.07) is 7.33. The van der Waals surface area contributed by atoms with Crippen molar-refractivity contribution in [3.05, 3.63) is 35.4 Å². The molecule has 0 saturated carbocycles. The average molecular weight is 208 g/mol. The van der Waals surface area contributed by atoms with Crippen LogP contribution in [0.15, 0.2) is 24.3 Å². The van der Waals surface area contributed by atoms with Gasteiger partial charge in [0.15, 0.2) is 0 Å². The van der Waals surface area contributed by atoms with Crippen LogP contribution in [0.2, 0.25) is 0 Å². The van der Waals surface area contributed by atoms with Gasteiger partial charge in [-0.2, -0.15) is 0 Å². The molecule has 3 heteroatoms. The predicted molar refractivity (Wildman–Crippen MR) is 58.0 cm³/mol. The fourth-order valence-corrected chi connectivity index (χ4v) is 0.904. The van der Waals surface area contributed by atoms with Crippen LogP contribution in [0, 0.1) is 6.92 Å². The lowest BCUT2D eigenvalue weighted by atomic mass is 10.1.